The Morgan fingerprint density at radius 2 is 2.44 bits per heavy atom. The van der Waals surface area contributed by atoms with E-state index in [4.69, 9.17) is 11.6 Å². The third-order valence-electron chi connectivity index (χ3n) is 3.00. The highest BCUT2D eigenvalue weighted by Crippen LogP contribution is 2.29. The number of aromatic nitrogens is 1. The third kappa shape index (κ3) is 1.95. The van der Waals surface area contributed by atoms with E-state index in [1.807, 2.05) is 12.1 Å². The lowest BCUT2D eigenvalue weighted by Crippen LogP contribution is -2.23. The second kappa shape index (κ2) is 4.32. The van der Waals surface area contributed by atoms with Crippen LogP contribution in [0.4, 0.5) is 0 Å². The number of fused-ring (bicyclic) bond motifs is 1. The molecule has 1 saturated heterocycles. The van der Waals surface area contributed by atoms with Crippen molar-refractivity contribution in [2.75, 3.05) is 6.54 Å². The minimum absolute atomic E-state index is 0.610. The summed E-state index contributed by atoms with van der Waals surface area (Å²) in [7, 11) is 0. The zero-order chi connectivity index (χ0) is 11.0. The highest BCUT2D eigenvalue weighted by atomic mass is 35.5. The van der Waals surface area contributed by atoms with E-state index >= 15 is 0 Å². The Morgan fingerprint density at radius 1 is 1.50 bits per heavy atom. The Hall–Kier alpha value is -0.640. The minimum atomic E-state index is 0.610. The van der Waals surface area contributed by atoms with Crippen LogP contribution in [-0.2, 0) is 6.42 Å². The van der Waals surface area contributed by atoms with E-state index in [1.54, 1.807) is 11.3 Å². The molecule has 2 heterocycles. The SMILES string of the molecule is Clc1cccc2sc(CC3CCCN3)nc12. The van der Waals surface area contributed by atoms with Crippen LogP contribution in [0.2, 0.25) is 5.02 Å². The fraction of sp³-hybridized carbons (Fsp3) is 0.417. The summed E-state index contributed by atoms with van der Waals surface area (Å²) < 4.78 is 1.19. The van der Waals surface area contributed by atoms with Crippen molar-refractivity contribution in [3.05, 3.63) is 28.2 Å². The van der Waals surface area contributed by atoms with Gasteiger partial charge in [-0.1, -0.05) is 17.7 Å². The van der Waals surface area contributed by atoms with Crippen LogP contribution >= 0.6 is 22.9 Å². The summed E-state index contributed by atoms with van der Waals surface area (Å²) in [5.74, 6) is 0. The molecule has 1 unspecified atom stereocenters. The van der Waals surface area contributed by atoms with Gasteiger partial charge in [0.1, 0.15) is 5.52 Å². The largest absolute Gasteiger partial charge is 0.314 e. The third-order valence-corrected chi connectivity index (χ3v) is 4.35. The van der Waals surface area contributed by atoms with E-state index in [2.05, 4.69) is 16.4 Å². The number of hydrogen-bond donors (Lipinski definition) is 1. The van der Waals surface area contributed by atoms with Gasteiger partial charge in [0.05, 0.1) is 14.7 Å². The highest BCUT2D eigenvalue weighted by Gasteiger charge is 2.16. The first-order valence-corrected chi connectivity index (χ1v) is 6.80. The smallest absolute Gasteiger partial charge is 0.100 e. The number of halogens is 1. The summed E-state index contributed by atoms with van der Waals surface area (Å²) in [6.45, 7) is 1.15. The van der Waals surface area contributed by atoms with Gasteiger partial charge in [-0.3, -0.25) is 0 Å². The second-order valence-corrected chi connectivity index (χ2v) is 5.71. The Labute approximate surface area is 104 Å². The van der Waals surface area contributed by atoms with Gasteiger partial charge in [0, 0.05) is 12.5 Å². The lowest BCUT2D eigenvalue weighted by molar-refractivity contribution is 0.602. The molecule has 2 nitrogen and oxygen atoms in total. The van der Waals surface area contributed by atoms with Crippen LogP contribution in [0.15, 0.2) is 18.2 Å². The van der Waals surface area contributed by atoms with Gasteiger partial charge in [-0.25, -0.2) is 4.98 Å². The van der Waals surface area contributed by atoms with Crippen molar-refractivity contribution >= 4 is 33.2 Å². The summed E-state index contributed by atoms with van der Waals surface area (Å²) in [6, 6.07) is 6.59. The summed E-state index contributed by atoms with van der Waals surface area (Å²) >= 11 is 7.88. The molecule has 2 aromatic rings. The average Bonchev–Trinajstić information content (AvgIpc) is 2.88. The summed E-state index contributed by atoms with van der Waals surface area (Å²) in [5.41, 5.74) is 0.960. The van der Waals surface area contributed by atoms with Gasteiger partial charge in [0.25, 0.3) is 0 Å². The number of nitrogens with one attached hydrogen (secondary N) is 1. The molecule has 0 saturated carbocycles. The molecule has 1 aromatic heterocycles. The Morgan fingerprint density at radius 3 is 3.19 bits per heavy atom. The maximum absolute atomic E-state index is 6.12. The molecule has 3 rings (SSSR count). The van der Waals surface area contributed by atoms with Crippen LogP contribution in [0, 0.1) is 0 Å². The first-order chi connectivity index (χ1) is 7.83. The first kappa shape index (κ1) is 10.5. The molecule has 0 radical (unpaired) electrons. The average molecular weight is 253 g/mol. The predicted molar refractivity (Wildman–Crippen MR) is 69.4 cm³/mol. The Kier molecular flexibility index (Phi) is 2.84. The zero-order valence-corrected chi connectivity index (χ0v) is 10.4. The van der Waals surface area contributed by atoms with E-state index < -0.39 is 0 Å². The first-order valence-electron chi connectivity index (χ1n) is 5.60. The molecule has 1 aromatic carbocycles. The highest BCUT2D eigenvalue weighted by molar-refractivity contribution is 7.18. The quantitative estimate of drug-likeness (QED) is 0.888. The van der Waals surface area contributed by atoms with Gasteiger partial charge < -0.3 is 5.32 Å². The molecule has 0 aliphatic carbocycles. The molecular formula is C12H13ClN2S. The minimum Gasteiger partial charge on any atom is -0.314 e. The van der Waals surface area contributed by atoms with Crippen LogP contribution in [0.5, 0.6) is 0 Å². The molecule has 0 bridgehead atoms. The van der Waals surface area contributed by atoms with E-state index in [9.17, 15) is 0 Å². The monoisotopic (exact) mass is 252 g/mol. The van der Waals surface area contributed by atoms with Crippen LogP contribution < -0.4 is 5.32 Å². The summed E-state index contributed by atoms with van der Waals surface area (Å²) in [4.78, 5) is 4.62. The molecule has 84 valence electrons. The summed E-state index contributed by atoms with van der Waals surface area (Å²) in [6.07, 6.45) is 3.59. The molecule has 1 atom stereocenters. The molecule has 1 aliphatic rings. The number of thiazole rings is 1. The van der Waals surface area contributed by atoms with Crippen molar-refractivity contribution in [3.63, 3.8) is 0 Å². The normalized spacial score (nSPS) is 20.7. The van der Waals surface area contributed by atoms with Crippen molar-refractivity contribution in [3.8, 4) is 0 Å². The fourth-order valence-corrected chi connectivity index (χ4v) is 3.54. The van der Waals surface area contributed by atoms with Crippen molar-refractivity contribution in [2.45, 2.75) is 25.3 Å². The number of benzene rings is 1. The van der Waals surface area contributed by atoms with Crippen LogP contribution in [0.3, 0.4) is 0 Å². The molecule has 4 heteroatoms. The van der Waals surface area contributed by atoms with Crippen LogP contribution in [0.25, 0.3) is 10.2 Å². The van der Waals surface area contributed by atoms with Crippen LogP contribution in [-0.4, -0.2) is 17.6 Å². The van der Waals surface area contributed by atoms with Gasteiger partial charge in [-0.05, 0) is 31.5 Å². The van der Waals surface area contributed by atoms with Gasteiger partial charge in [0.15, 0.2) is 0 Å². The van der Waals surface area contributed by atoms with Crippen molar-refractivity contribution in [1.29, 1.82) is 0 Å². The predicted octanol–water partition coefficient (Wildman–Crippen LogP) is 3.24. The molecule has 0 spiro atoms. The van der Waals surface area contributed by atoms with Gasteiger partial charge >= 0.3 is 0 Å². The second-order valence-electron chi connectivity index (χ2n) is 4.19. The van der Waals surface area contributed by atoms with E-state index in [0.29, 0.717) is 6.04 Å². The topological polar surface area (TPSA) is 24.9 Å². The van der Waals surface area contributed by atoms with Gasteiger partial charge in [0.2, 0.25) is 0 Å². The van der Waals surface area contributed by atoms with Crippen molar-refractivity contribution in [1.82, 2.24) is 10.3 Å². The van der Waals surface area contributed by atoms with E-state index in [1.165, 1.54) is 22.5 Å². The molecule has 1 N–H and O–H groups in total. The zero-order valence-electron chi connectivity index (χ0n) is 8.87. The van der Waals surface area contributed by atoms with Crippen LogP contribution in [0.1, 0.15) is 17.8 Å². The Balaban J connectivity index is 1.90. The van der Waals surface area contributed by atoms with E-state index in [-0.39, 0.29) is 0 Å². The maximum Gasteiger partial charge on any atom is 0.100 e. The number of para-hydroxylation sites is 1. The lowest BCUT2D eigenvalue weighted by Gasteiger charge is -2.05. The standard InChI is InChI=1S/C12H13ClN2S/c13-9-4-1-5-10-12(9)15-11(16-10)7-8-3-2-6-14-8/h1,4-5,8,14H,2-3,6-7H2. The lowest BCUT2D eigenvalue weighted by atomic mass is 10.2. The molecular weight excluding hydrogens is 240 g/mol. The van der Waals surface area contributed by atoms with E-state index in [0.717, 1.165) is 23.5 Å². The molecule has 0 amide bonds. The number of nitrogens with zero attached hydrogens (tertiary/aromatic N) is 1. The molecule has 1 fully saturated rings. The summed E-state index contributed by atoms with van der Waals surface area (Å²) in [5, 5.41) is 5.46. The molecule has 1 aliphatic heterocycles. The fourth-order valence-electron chi connectivity index (χ4n) is 2.19. The van der Waals surface area contributed by atoms with Gasteiger partial charge in [-0.15, -0.1) is 11.3 Å². The maximum atomic E-state index is 6.12. The van der Waals surface area contributed by atoms with Crippen molar-refractivity contribution < 1.29 is 0 Å². The van der Waals surface area contributed by atoms with Gasteiger partial charge in [-0.2, -0.15) is 0 Å². The number of rotatable bonds is 2. The molecule has 16 heavy (non-hydrogen) atoms. The number of hydrogen-bond acceptors (Lipinski definition) is 3. The Bertz CT molecular complexity index is 503. The van der Waals surface area contributed by atoms with Crippen molar-refractivity contribution in [2.24, 2.45) is 0 Å².